The van der Waals surface area contributed by atoms with Gasteiger partial charge in [0.2, 0.25) is 0 Å². The highest BCUT2D eigenvalue weighted by Crippen LogP contribution is 2.14. The van der Waals surface area contributed by atoms with Crippen molar-refractivity contribution in [1.29, 1.82) is 0 Å². The Balaban J connectivity index is 1.89. The Labute approximate surface area is 153 Å². The van der Waals surface area contributed by atoms with Gasteiger partial charge in [-0.1, -0.05) is 25.1 Å². The predicted molar refractivity (Wildman–Crippen MR) is 103 cm³/mol. The Bertz CT molecular complexity index is 816. The van der Waals surface area contributed by atoms with Crippen LogP contribution < -0.4 is 15.5 Å². The number of benzene rings is 2. The van der Waals surface area contributed by atoms with Gasteiger partial charge in [-0.05, 0) is 61.2 Å². The molecule has 0 fully saturated rings. The Kier molecular flexibility index (Phi) is 6.91. The van der Waals surface area contributed by atoms with E-state index in [-0.39, 0.29) is 0 Å². The molecular weight excluding hydrogens is 330 g/mol. The molecule has 2 N–H and O–H groups in total. The van der Waals surface area contributed by atoms with Crippen molar-refractivity contribution in [1.82, 2.24) is 5.43 Å². The molecule has 2 aromatic rings. The molecule has 6 heteroatoms. The molecule has 0 spiro atoms. The number of carbonyl (C=O) groups is 2. The minimum Gasteiger partial charge on any atom is -0.494 e. The number of anilines is 1. The topological polar surface area (TPSA) is 79.8 Å². The van der Waals surface area contributed by atoms with Gasteiger partial charge in [0.15, 0.2) is 0 Å². The van der Waals surface area contributed by atoms with E-state index >= 15 is 0 Å². The van der Waals surface area contributed by atoms with E-state index in [2.05, 4.69) is 15.8 Å². The van der Waals surface area contributed by atoms with Gasteiger partial charge in [0, 0.05) is 5.69 Å². The maximum atomic E-state index is 11.9. The van der Waals surface area contributed by atoms with Crippen LogP contribution in [0.3, 0.4) is 0 Å². The summed E-state index contributed by atoms with van der Waals surface area (Å²) in [5.74, 6) is -0.877. The summed E-state index contributed by atoms with van der Waals surface area (Å²) in [4.78, 5) is 23.7. The maximum Gasteiger partial charge on any atom is 0.329 e. The summed E-state index contributed by atoms with van der Waals surface area (Å²) in [5, 5.41) is 6.36. The highest BCUT2D eigenvalue weighted by molar-refractivity contribution is 6.39. The van der Waals surface area contributed by atoms with Crippen molar-refractivity contribution < 1.29 is 14.3 Å². The molecule has 0 aromatic heterocycles. The minimum absolute atomic E-state index is 0.568. The van der Waals surface area contributed by atoms with Gasteiger partial charge in [0.05, 0.1) is 12.8 Å². The van der Waals surface area contributed by atoms with E-state index < -0.39 is 11.8 Å². The molecule has 26 heavy (non-hydrogen) atoms. The first-order valence-electron chi connectivity index (χ1n) is 8.44. The van der Waals surface area contributed by atoms with E-state index in [1.165, 1.54) is 6.21 Å². The third kappa shape index (κ3) is 5.73. The molecule has 0 unspecified atom stereocenters. The highest BCUT2D eigenvalue weighted by atomic mass is 16.5. The van der Waals surface area contributed by atoms with Crippen LogP contribution in [-0.2, 0) is 9.59 Å². The average Bonchev–Trinajstić information content (AvgIpc) is 2.63. The monoisotopic (exact) mass is 353 g/mol. The molecule has 6 nitrogen and oxygen atoms in total. The number of carbonyl (C=O) groups excluding carboxylic acids is 2. The van der Waals surface area contributed by atoms with E-state index in [0.29, 0.717) is 12.3 Å². The number of aryl methyl sites for hydroxylation is 2. The number of nitrogens with one attached hydrogen (secondary N) is 2. The van der Waals surface area contributed by atoms with Crippen molar-refractivity contribution in [3.05, 3.63) is 59.2 Å². The fourth-order valence-corrected chi connectivity index (χ4v) is 2.13. The molecule has 2 amide bonds. The fraction of sp³-hybridized carbons (Fsp3) is 0.250. The van der Waals surface area contributed by atoms with Crippen LogP contribution >= 0.6 is 0 Å². The molecule has 2 rings (SSSR count). The van der Waals surface area contributed by atoms with Crippen molar-refractivity contribution >= 4 is 23.7 Å². The van der Waals surface area contributed by atoms with Gasteiger partial charge in [-0.2, -0.15) is 5.10 Å². The fourth-order valence-electron chi connectivity index (χ4n) is 2.13. The first-order valence-corrected chi connectivity index (χ1v) is 8.44. The van der Waals surface area contributed by atoms with Gasteiger partial charge in [-0.3, -0.25) is 9.59 Å². The zero-order valence-corrected chi connectivity index (χ0v) is 15.2. The van der Waals surface area contributed by atoms with Crippen LogP contribution in [-0.4, -0.2) is 24.6 Å². The van der Waals surface area contributed by atoms with E-state index in [0.717, 1.165) is 28.9 Å². The number of nitrogens with zero attached hydrogens (tertiary/aromatic N) is 1. The molecule has 0 radical (unpaired) electrons. The van der Waals surface area contributed by atoms with E-state index in [1.807, 2.05) is 51.1 Å². The summed E-state index contributed by atoms with van der Waals surface area (Å²) in [6, 6.07) is 12.8. The molecular formula is C20H23N3O3. The van der Waals surface area contributed by atoms with Gasteiger partial charge < -0.3 is 10.1 Å². The second kappa shape index (κ2) is 9.36. The molecule has 2 aromatic carbocycles. The van der Waals surface area contributed by atoms with Crippen molar-refractivity contribution in [2.24, 2.45) is 5.10 Å². The lowest BCUT2D eigenvalue weighted by Gasteiger charge is -2.06. The van der Waals surface area contributed by atoms with Gasteiger partial charge in [-0.25, -0.2) is 5.43 Å². The Morgan fingerprint density at radius 1 is 1.08 bits per heavy atom. The molecule has 136 valence electrons. The molecule has 0 saturated carbocycles. The number of rotatable bonds is 6. The molecule has 0 heterocycles. The Morgan fingerprint density at radius 2 is 1.88 bits per heavy atom. The van der Waals surface area contributed by atoms with Crippen LogP contribution in [0.5, 0.6) is 5.75 Å². The predicted octanol–water partition coefficient (Wildman–Crippen LogP) is 3.18. The summed E-state index contributed by atoms with van der Waals surface area (Å²) >= 11 is 0. The van der Waals surface area contributed by atoms with E-state index in [9.17, 15) is 9.59 Å². The molecule has 0 atom stereocenters. The van der Waals surface area contributed by atoms with E-state index in [4.69, 9.17) is 4.74 Å². The number of ether oxygens (including phenoxy) is 1. The van der Waals surface area contributed by atoms with Crippen LogP contribution in [0.4, 0.5) is 5.69 Å². The third-order valence-corrected chi connectivity index (χ3v) is 3.68. The van der Waals surface area contributed by atoms with Gasteiger partial charge in [0.25, 0.3) is 0 Å². The van der Waals surface area contributed by atoms with Crippen LogP contribution in [0, 0.1) is 13.8 Å². The molecule has 0 bridgehead atoms. The van der Waals surface area contributed by atoms with Crippen LogP contribution in [0.25, 0.3) is 0 Å². The zero-order valence-electron chi connectivity index (χ0n) is 15.2. The lowest BCUT2D eigenvalue weighted by molar-refractivity contribution is -0.136. The average molecular weight is 353 g/mol. The lowest BCUT2D eigenvalue weighted by Crippen LogP contribution is -2.32. The largest absolute Gasteiger partial charge is 0.494 e. The van der Waals surface area contributed by atoms with Crippen molar-refractivity contribution in [3.63, 3.8) is 0 Å². The van der Waals surface area contributed by atoms with Crippen LogP contribution in [0.1, 0.15) is 30.0 Å². The summed E-state index contributed by atoms with van der Waals surface area (Å²) in [6.45, 7) is 6.58. The summed E-state index contributed by atoms with van der Waals surface area (Å²) in [7, 11) is 0. The number of hydrogen-bond acceptors (Lipinski definition) is 4. The molecule has 0 aliphatic heterocycles. The normalized spacial score (nSPS) is 10.6. The second-order valence-corrected chi connectivity index (χ2v) is 5.87. The van der Waals surface area contributed by atoms with Gasteiger partial charge >= 0.3 is 11.8 Å². The summed E-state index contributed by atoms with van der Waals surface area (Å²) in [6.07, 6.45) is 2.38. The van der Waals surface area contributed by atoms with Crippen LogP contribution in [0.2, 0.25) is 0 Å². The zero-order chi connectivity index (χ0) is 18.9. The molecule has 0 aliphatic rings. The number of amides is 2. The Morgan fingerprint density at radius 3 is 2.62 bits per heavy atom. The maximum absolute atomic E-state index is 11.9. The van der Waals surface area contributed by atoms with Crippen molar-refractivity contribution in [2.45, 2.75) is 27.2 Å². The smallest absolute Gasteiger partial charge is 0.329 e. The highest BCUT2D eigenvalue weighted by Gasteiger charge is 2.13. The minimum atomic E-state index is -0.835. The first kappa shape index (κ1) is 19.2. The SMILES string of the molecule is CCCOc1cccc(/C=N\NC(=O)C(=O)Nc2ccc(C)c(C)c2)c1. The first-order chi connectivity index (χ1) is 12.5. The quantitative estimate of drug-likeness (QED) is 0.475. The van der Waals surface area contributed by atoms with Crippen molar-refractivity contribution in [3.8, 4) is 5.75 Å². The molecule has 0 aliphatic carbocycles. The number of hydrogen-bond donors (Lipinski definition) is 2. The number of hydrazone groups is 1. The second-order valence-electron chi connectivity index (χ2n) is 5.87. The third-order valence-electron chi connectivity index (χ3n) is 3.68. The van der Waals surface area contributed by atoms with Gasteiger partial charge in [-0.15, -0.1) is 0 Å². The standard InChI is InChI=1S/C20H23N3O3/c1-4-10-26-18-7-5-6-16(12-18)13-21-23-20(25)19(24)22-17-9-8-14(2)15(3)11-17/h5-9,11-13H,4,10H2,1-3H3,(H,22,24)(H,23,25)/b21-13-. The summed E-state index contributed by atoms with van der Waals surface area (Å²) < 4.78 is 5.53. The lowest BCUT2D eigenvalue weighted by atomic mass is 10.1. The van der Waals surface area contributed by atoms with Crippen molar-refractivity contribution in [2.75, 3.05) is 11.9 Å². The van der Waals surface area contributed by atoms with Gasteiger partial charge in [0.1, 0.15) is 5.75 Å². The summed E-state index contributed by atoms with van der Waals surface area (Å²) in [5.41, 5.74) is 5.69. The molecule has 0 saturated heterocycles. The van der Waals surface area contributed by atoms with Crippen LogP contribution in [0.15, 0.2) is 47.6 Å². The van der Waals surface area contributed by atoms with E-state index in [1.54, 1.807) is 12.1 Å². The Hall–Kier alpha value is -3.15.